The summed E-state index contributed by atoms with van der Waals surface area (Å²) in [5.41, 5.74) is 3.03. The van der Waals surface area contributed by atoms with Crippen molar-refractivity contribution in [3.63, 3.8) is 0 Å². The minimum absolute atomic E-state index is 0.0509. The van der Waals surface area contributed by atoms with Gasteiger partial charge in [0.2, 0.25) is 5.78 Å². The molecule has 0 aliphatic carbocycles. The van der Waals surface area contributed by atoms with Crippen molar-refractivity contribution in [1.82, 2.24) is 19.2 Å². The van der Waals surface area contributed by atoms with E-state index < -0.39 is 0 Å². The summed E-state index contributed by atoms with van der Waals surface area (Å²) in [7, 11) is 0. The van der Waals surface area contributed by atoms with Gasteiger partial charge < -0.3 is 4.74 Å². The van der Waals surface area contributed by atoms with Crippen LogP contribution in [0.15, 0.2) is 47.3 Å². The number of aryl methyl sites for hydroxylation is 2. The van der Waals surface area contributed by atoms with E-state index in [9.17, 15) is 4.79 Å². The molecule has 0 aliphatic rings. The molecule has 0 N–H and O–H groups in total. The lowest BCUT2D eigenvalue weighted by atomic mass is 10.1. The number of rotatable bonds is 4. The Labute approximate surface area is 150 Å². The van der Waals surface area contributed by atoms with Crippen LogP contribution in [0, 0.1) is 13.8 Å². The maximum Gasteiger partial charge on any atom is 0.262 e. The van der Waals surface area contributed by atoms with Gasteiger partial charge in [-0.05, 0) is 50.1 Å². The largest absolute Gasteiger partial charge is 0.485 e. The average Bonchev–Trinajstić information content (AvgIpc) is 3.07. The Hall–Kier alpha value is -3.15. The normalized spacial score (nSPS) is 11.3. The number of para-hydroxylation sites is 1. The zero-order valence-electron chi connectivity index (χ0n) is 15.1. The van der Waals surface area contributed by atoms with Crippen molar-refractivity contribution in [2.75, 3.05) is 0 Å². The maximum absolute atomic E-state index is 12.7. The average molecular weight is 348 g/mol. The molecule has 0 unspecified atom stereocenters. The minimum atomic E-state index is -0.0509. The van der Waals surface area contributed by atoms with Crippen molar-refractivity contribution in [1.29, 1.82) is 0 Å². The molecule has 0 spiro atoms. The standard InChI is InChI=1S/C20H20N4O2/c1-4-23-19(25)15-9-5-6-10-16(15)24-18(21-22-20(23)24)12-26-17-11-7-8-13(2)14(17)3/h5-11H,4,12H2,1-3H3. The van der Waals surface area contributed by atoms with Gasteiger partial charge in [0.1, 0.15) is 12.4 Å². The molecule has 0 fully saturated rings. The fourth-order valence-corrected chi connectivity index (χ4v) is 3.22. The van der Waals surface area contributed by atoms with Gasteiger partial charge >= 0.3 is 0 Å². The lowest BCUT2D eigenvalue weighted by Gasteiger charge is -2.12. The van der Waals surface area contributed by atoms with Gasteiger partial charge in [0, 0.05) is 6.54 Å². The van der Waals surface area contributed by atoms with Crippen LogP contribution in [0.1, 0.15) is 23.9 Å². The Bertz CT molecular complexity index is 1170. The Morgan fingerprint density at radius 1 is 1.04 bits per heavy atom. The van der Waals surface area contributed by atoms with Gasteiger partial charge in [-0.2, -0.15) is 0 Å². The van der Waals surface area contributed by atoms with Crippen LogP contribution in [0.2, 0.25) is 0 Å². The molecule has 0 radical (unpaired) electrons. The fourth-order valence-electron chi connectivity index (χ4n) is 3.22. The SMILES string of the molecule is CCn1c(=O)c2ccccc2n2c(COc3cccc(C)c3C)nnc12. The van der Waals surface area contributed by atoms with E-state index in [1.165, 1.54) is 5.56 Å². The van der Waals surface area contributed by atoms with Crippen LogP contribution in [0.25, 0.3) is 16.7 Å². The highest BCUT2D eigenvalue weighted by Gasteiger charge is 2.16. The second kappa shape index (κ2) is 6.29. The van der Waals surface area contributed by atoms with E-state index in [4.69, 9.17) is 4.74 Å². The molecule has 6 nitrogen and oxygen atoms in total. The molecular formula is C20H20N4O2. The summed E-state index contributed by atoms with van der Waals surface area (Å²) >= 11 is 0. The third-order valence-electron chi connectivity index (χ3n) is 4.80. The third kappa shape index (κ3) is 2.45. The molecule has 0 bridgehead atoms. The lowest BCUT2D eigenvalue weighted by Crippen LogP contribution is -2.22. The van der Waals surface area contributed by atoms with E-state index in [1.807, 2.05) is 54.6 Å². The molecule has 0 atom stereocenters. The van der Waals surface area contributed by atoms with E-state index in [0.717, 1.165) is 16.8 Å². The first kappa shape index (κ1) is 16.3. The molecule has 26 heavy (non-hydrogen) atoms. The molecule has 0 amide bonds. The van der Waals surface area contributed by atoms with E-state index in [2.05, 4.69) is 23.2 Å². The number of ether oxygens (including phenoxy) is 1. The van der Waals surface area contributed by atoms with Crippen LogP contribution >= 0.6 is 0 Å². The third-order valence-corrected chi connectivity index (χ3v) is 4.80. The molecule has 0 saturated carbocycles. The lowest BCUT2D eigenvalue weighted by molar-refractivity contribution is 0.292. The zero-order valence-corrected chi connectivity index (χ0v) is 15.1. The van der Waals surface area contributed by atoms with Gasteiger partial charge in [-0.25, -0.2) is 0 Å². The summed E-state index contributed by atoms with van der Waals surface area (Å²) in [6, 6.07) is 13.5. The van der Waals surface area contributed by atoms with Gasteiger partial charge in [-0.15, -0.1) is 10.2 Å². The molecule has 0 saturated heterocycles. The smallest absolute Gasteiger partial charge is 0.262 e. The van der Waals surface area contributed by atoms with Crippen LogP contribution in [0.3, 0.4) is 0 Å². The maximum atomic E-state index is 12.7. The van der Waals surface area contributed by atoms with Gasteiger partial charge in [0.25, 0.3) is 5.56 Å². The summed E-state index contributed by atoms with van der Waals surface area (Å²) in [5, 5.41) is 9.19. The first-order valence-corrected chi connectivity index (χ1v) is 8.66. The fraction of sp³-hybridized carbons (Fsp3) is 0.250. The van der Waals surface area contributed by atoms with Crippen molar-refractivity contribution < 1.29 is 4.74 Å². The van der Waals surface area contributed by atoms with Gasteiger partial charge in [-0.1, -0.05) is 24.3 Å². The van der Waals surface area contributed by atoms with Crippen molar-refractivity contribution in [2.45, 2.75) is 33.9 Å². The topological polar surface area (TPSA) is 61.4 Å². The van der Waals surface area contributed by atoms with Gasteiger partial charge in [0.15, 0.2) is 5.82 Å². The van der Waals surface area contributed by atoms with Gasteiger partial charge in [0.05, 0.1) is 10.9 Å². The van der Waals surface area contributed by atoms with Crippen molar-refractivity contribution in [2.24, 2.45) is 0 Å². The highest BCUT2D eigenvalue weighted by molar-refractivity contribution is 5.80. The Kier molecular flexibility index (Phi) is 3.95. The Morgan fingerprint density at radius 3 is 2.65 bits per heavy atom. The van der Waals surface area contributed by atoms with Crippen molar-refractivity contribution in [3.05, 3.63) is 69.8 Å². The number of hydrogen-bond donors (Lipinski definition) is 0. The summed E-state index contributed by atoms with van der Waals surface area (Å²) in [6.07, 6.45) is 0. The van der Waals surface area contributed by atoms with E-state index in [0.29, 0.717) is 23.5 Å². The van der Waals surface area contributed by atoms with Crippen LogP contribution in [-0.2, 0) is 13.2 Å². The molecule has 4 aromatic rings. The van der Waals surface area contributed by atoms with Crippen molar-refractivity contribution >= 4 is 16.7 Å². The van der Waals surface area contributed by atoms with E-state index in [-0.39, 0.29) is 12.2 Å². The van der Waals surface area contributed by atoms with Crippen molar-refractivity contribution in [3.8, 4) is 5.75 Å². The quantitative estimate of drug-likeness (QED) is 0.568. The zero-order chi connectivity index (χ0) is 18.3. The molecule has 4 rings (SSSR count). The molecule has 132 valence electrons. The summed E-state index contributed by atoms with van der Waals surface area (Å²) in [5.74, 6) is 2.03. The monoisotopic (exact) mass is 348 g/mol. The number of hydrogen-bond acceptors (Lipinski definition) is 4. The molecule has 6 heteroatoms. The molecule has 2 aromatic heterocycles. The summed E-state index contributed by atoms with van der Waals surface area (Å²) in [4.78, 5) is 12.7. The predicted octanol–water partition coefficient (Wildman–Crippen LogP) is 3.26. The number of benzene rings is 2. The van der Waals surface area contributed by atoms with Crippen LogP contribution in [-0.4, -0.2) is 19.2 Å². The molecule has 2 heterocycles. The first-order valence-electron chi connectivity index (χ1n) is 8.66. The first-order chi connectivity index (χ1) is 12.6. The van der Waals surface area contributed by atoms with Crippen LogP contribution in [0.5, 0.6) is 5.75 Å². The van der Waals surface area contributed by atoms with Crippen LogP contribution < -0.4 is 10.3 Å². The van der Waals surface area contributed by atoms with E-state index >= 15 is 0 Å². The summed E-state index contributed by atoms with van der Waals surface area (Å²) in [6.45, 7) is 6.83. The van der Waals surface area contributed by atoms with Gasteiger partial charge in [-0.3, -0.25) is 13.8 Å². The predicted molar refractivity (Wildman–Crippen MR) is 101 cm³/mol. The molecule has 0 aliphatic heterocycles. The highest BCUT2D eigenvalue weighted by Crippen LogP contribution is 2.22. The number of fused-ring (bicyclic) bond motifs is 3. The molecular weight excluding hydrogens is 328 g/mol. The highest BCUT2D eigenvalue weighted by atomic mass is 16.5. The Morgan fingerprint density at radius 2 is 1.85 bits per heavy atom. The number of aromatic nitrogens is 4. The van der Waals surface area contributed by atoms with E-state index in [1.54, 1.807) is 4.57 Å². The second-order valence-corrected chi connectivity index (χ2v) is 6.30. The summed E-state index contributed by atoms with van der Waals surface area (Å²) < 4.78 is 9.56. The Balaban J connectivity index is 1.85. The molecule has 2 aromatic carbocycles. The minimum Gasteiger partial charge on any atom is -0.485 e. The second-order valence-electron chi connectivity index (χ2n) is 6.30. The number of nitrogens with zero attached hydrogens (tertiary/aromatic N) is 4. The van der Waals surface area contributed by atoms with Crippen LogP contribution in [0.4, 0.5) is 0 Å².